The van der Waals surface area contributed by atoms with Crippen LogP contribution in [-0.4, -0.2) is 21.6 Å². The van der Waals surface area contributed by atoms with Gasteiger partial charge in [0.1, 0.15) is 12.1 Å². The van der Waals surface area contributed by atoms with Gasteiger partial charge in [-0.3, -0.25) is 0 Å². The molecular formula is C15H19N3OS. The molecule has 4 nitrogen and oxygen atoms in total. The summed E-state index contributed by atoms with van der Waals surface area (Å²) in [7, 11) is 0. The third-order valence-corrected chi connectivity index (χ3v) is 4.47. The second-order valence-electron chi connectivity index (χ2n) is 5.16. The van der Waals surface area contributed by atoms with Crippen LogP contribution in [0.1, 0.15) is 42.2 Å². The third kappa shape index (κ3) is 2.99. The van der Waals surface area contributed by atoms with Gasteiger partial charge in [-0.2, -0.15) is 11.3 Å². The molecule has 2 aromatic heterocycles. The van der Waals surface area contributed by atoms with Crippen LogP contribution in [0.15, 0.2) is 23.2 Å². The number of aliphatic hydroxyl groups is 1. The summed E-state index contributed by atoms with van der Waals surface area (Å²) in [6, 6.07) is 1.96. The Labute approximate surface area is 122 Å². The number of nitrogens with one attached hydrogen (secondary N) is 1. The molecule has 0 fully saturated rings. The van der Waals surface area contributed by atoms with Gasteiger partial charge in [-0.05, 0) is 48.1 Å². The topological polar surface area (TPSA) is 58.0 Å². The Morgan fingerprint density at radius 1 is 1.25 bits per heavy atom. The fourth-order valence-corrected chi connectivity index (χ4v) is 3.33. The van der Waals surface area contributed by atoms with Crippen LogP contribution >= 0.6 is 11.3 Å². The normalized spacial score (nSPS) is 16.2. The van der Waals surface area contributed by atoms with Gasteiger partial charge in [-0.25, -0.2) is 9.97 Å². The molecule has 0 amide bonds. The molecule has 2 N–H and O–H groups in total. The van der Waals surface area contributed by atoms with Gasteiger partial charge >= 0.3 is 0 Å². The van der Waals surface area contributed by atoms with Crippen LogP contribution < -0.4 is 5.32 Å². The van der Waals surface area contributed by atoms with E-state index in [1.807, 2.05) is 16.8 Å². The van der Waals surface area contributed by atoms with Crippen LogP contribution in [0, 0.1) is 0 Å². The maximum absolute atomic E-state index is 10.1. The van der Waals surface area contributed by atoms with E-state index in [9.17, 15) is 5.11 Å². The first-order valence-electron chi connectivity index (χ1n) is 7.11. The van der Waals surface area contributed by atoms with Gasteiger partial charge in [0, 0.05) is 17.8 Å². The zero-order valence-corrected chi connectivity index (χ0v) is 12.2. The van der Waals surface area contributed by atoms with Crippen molar-refractivity contribution in [2.24, 2.45) is 0 Å². The van der Waals surface area contributed by atoms with Crippen molar-refractivity contribution in [3.05, 3.63) is 40.0 Å². The van der Waals surface area contributed by atoms with Crippen LogP contribution in [0.25, 0.3) is 0 Å². The second-order valence-corrected chi connectivity index (χ2v) is 5.94. The number of hydrogen-bond acceptors (Lipinski definition) is 5. The van der Waals surface area contributed by atoms with Crippen LogP contribution in [0.3, 0.4) is 0 Å². The highest BCUT2D eigenvalue weighted by atomic mass is 32.1. The molecule has 1 unspecified atom stereocenters. The average Bonchev–Trinajstić information content (AvgIpc) is 2.90. The molecule has 1 aliphatic rings. The lowest BCUT2D eigenvalue weighted by Gasteiger charge is -2.15. The Hall–Kier alpha value is -1.46. The Morgan fingerprint density at radius 2 is 2.15 bits per heavy atom. The van der Waals surface area contributed by atoms with E-state index in [4.69, 9.17) is 0 Å². The van der Waals surface area contributed by atoms with E-state index in [-0.39, 0.29) is 0 Å². The number of aryl methyl sites for hydroxylation is 1. The Balaban J connectivity index is 1.71. The lowest BCUT2D eigenvalue weighted by molar-refractivity contribution is 0.192. The summed E-state index contributed by atoms with van der Waals surface area (Å²) in [4.78, 5) is 8.76. The van der Waals surface area contributed by atoms with Crippen LogP contribution in [0.4, 0.5) is 5.82 Å². The minimum absolute atomic E-state index is 0.486. The fraction of sp³-hybridized carbons (Fsp3) is 0.467. The molecule has 0 aromatic carbocycles. The van der Waals surface area contributed by atoms with E-state index in [1.165, 1.54) is 30.5 Å². The number of rotatable bonds is 4. The molecule has 0 saturated carbocycles. The van der Waals surface area contributed by atoms with Gasteiger partial charge in [0.05, 0.1) is 6.10 Å². The number of hydrogen-bond donors (Lipinski definition) is 2. The van der Waals surface area contributed by atoms with Crippen LogP contribution in [-0.2, 0) is 12.8 Å². The smallest absolute Gasteiger partial charge is 0.132 e. The summed E-state index contributed by atoms with van der Waals surface area (Å²) in [5.74, 6) is 0.895. The minimum Gasteiger partial charge on any atom is -0.387 e. The molecule has 0 aliphatic heterocycles. The van der Waals surface area contributed by atoms with Crippen molar-refractivity contribution in [1.29, 1.82) is 0 Å². The minimum atomic E-state index is -0.488. The molecule has 2 heterocycles. The zero-order chi connectivity index (χ0) is 13.8. The first kappa shape index (κ1) is 13.5. The quantitative estimate of drug-likeness (QED) is 0.850. The van der Waals surface area contributed by atoms with Gasteiger partial charge in [0.2, 0.25) is 0 Å². The average molecular weight is 289 g/mol. The van der Waals surface area contributed by atoms with Gasteiger partial charge in [0.15, 0.2) is 0 Å². The molecule has 2 aromatic rings. The van der Waals surface area contributed by atoms with E-state index in [0.29, 0.717) is 6.54 Å². The standard InChI is InChI=1S/C15H19N3OS/c19-14(11-6-7-20-9-11)8-16-15-12-4-2-1-3-5-13(12)17-10-18-15/h6-7,9-10,14,19H,1-5,8H2,(H,16,17,18). The predicted molar refractivity (Wildman–Crippen MR) is 81.1 cm³/mol. The van der Waals surface area contributed by atoms with Gasteiger partial charge in [-0.15, -0.1) is 0 Å². The molecule has 20 heavy (non-hydrogen) atoms. The number of fused-ring (bicyclic) bond motifs is 1. The summed E-state index contributed by atoms with van der Waals surface area (Å²) in [6.07, 6.45) is 6.88. The molecule has 0 radical (unpaired) electrons. The zero-order valence-electron chi connectivity index (χ0n) is 11.4. The molecule has 1 aliphatic carbocycles. The molecule has 1 atom stereocenters. The van der Waals surface area contributed by atoms with Crippen molar-refractivity contribution >= 4 is 17.2 Å². The van der Waals surface area contributed by atoms with Gasteiger partial charge < -0.3 is 10.4 Å². The highest BCUT2D eigenvalue weighted by Crippen LogP contribution is 2.24. The summed E-state index contributed by atoms with van der Waals surface area (Å²) < 4.78 is 0. The van der Waals surface area contributed by atoms with Gasteiger partial charge in [-0.1, -0.05) is 6.42 Å². The molecule has 3 rings (SSSR count). The van der Waals surface area contributed by atoms with E-state index >= 15 is 0 Å². The Bertz CT molecular complexity index is 556. The van der Waals surface area contributed by atoms with E-state index in [1.54, 1.807) is 17.7 Å². The van der Waals surface area contributed by atoms with Crippen molar-refractivity contribution in [3.63, 3.8) is 0 Å². The van der Waals surface area contributed by atoms with Crippen LogP contribution in [0.5, 0.6) is 0 Å². The second kappa shape index (κ2) is 6.33. The van der Waals surface area contributed by atoms with E-state index in [2.05, 4.69) is 15.3 Å². The van der Waals surface area contributed by atoms with Crippen molar-refractivity contribution in [2.75, 3.05) is 11.9 Å². The number of thiophene rings is 1. The van der Waals surface area contributed by atoms with Crippen molar-refractivity contribution in [1.82, 2.24) is 9.97 Å². The largest absolute Gasteiger partial charge is 0.387 e. The fourth-order valence-electron chi connectivity index (χ4n) is 2.63. The monoisotopic (exact) mass is 289 g/mol. The number of aromatic nitrogens is 2. The van der Waals surface area contributed by atoms with E-state index in [0.717, 1.165) is 24.2 Å². The highest BCUT2D eigenvalue weighted by Gasteiger charge is 2.15. The molecule has 0 bridgehead atoms. The first-order valence-corrected chi connectivity index (χ1v) is 8.05. The molecule has 106 valence electrons. The summed E-state index contributed by atoms with van der Waals surface area (Å²) >= 11 is 1.60. The molecule has 0 saturated heterocycles. The Morgan fingerprint density at radius 3 is 3.00 bits per heavy atom. The SMILES string of the molecule is OC(CNc1ncnc2c1CCCCC2)c1ccsc1. The number of aliphatic hydroxyl groups excluding tert-OH is 1. The lowest BCUT2D eigenvalue weighted by atomic mass is 10.1. The maximum Gasteiger partial charge on any atom is 0.132 e. The van der Waals surface area contributed by atoms with Crippen molar-refractivity contribution in [2.45, 2.75) is 38.2 Å². The lowest BCUT2D eigenvalue weighted by Crippen LogP contribution is -2.15. The summed E-state index contributed by atoms with van der Waals surface area (Å²) in [6.45, 7) is 0.486. The number of anilines is 1. The van der Waals surface area contributed by atoms with Crippen molar-refractivity contribution < 1.29 is 5.11 Å². The number of nitrogens with zero attached hydrogens (tertiary/aromatic N) is 2. The van der Waals surface area contributed by atoms with Gasteiger partial charge in [0.25, 0.3) is 0 Å². The molecular weight excluding hydrogens is 270 g/mol. The third-order valence-electron chi connectivity index (χ3n) is 3.77. The highest BCUT2D eigenvalue weighted by molar-refractivity contribution is 7.07. The molecule has 5 heteroatoms. The molecule has 0 spiro atoms. The van der Waals surface area contributed by atoms with Crippen molar-refractivity contribution in [3.8, 4) is 0 Å². The Kier molecular flexibility index (Phi) is 4.28. The predicted octanol–water partition coefficient (Wildman–Crippen LogP) is 2.95. The first-order chi connectivity index (χ1) is 9.84. The van der Waals surface area contributed by atoms with Crippen LogP contribution in [0.2, 0.25) is 0 Å². The van der Waals surface area contributed by atoms with E-state index < -0.39 is 6.10 Å². The maximum atomic E-state index is 10.1. The summed E-state index contributed by atoms with van der Waals surface area (Å²) in [5, 5.41) is 17.4. The summed E-state index contributed by atoms with van der Waals surface area (Å²) in [5.41, 5.74) is 3.37.